The first-order chi connectivity index (χ1) is 10.1. The zero-order valence-corrected chi connectivity index (χ0v) is 12.3. The average molecular weight is 287 g/mol. The summed E-state index contributed by atoms with van der Waals surface area (Å²) in [7, 11) is 1.52. The van der Waals surface area contributed by atoms with Crippen molar-refractivity contribution in [1.29, 1.82) is 0 Å². The Morgan fingerprint density at radius 3 is 2.48 bits per heavy atom. The maximum atomic E-state index is 10.1. The zero-order valence-electron chi connectivity index (χ0n) is 12.3. The van der Waals surface area contributed by atoms with Crippen molar-refractivity contribution in [3.8, 4) is 11.5 Å². The molecule has 2 aromatic rings. The van der Waals surface area contributed by atoms with Gasteiger partial charge in [-0.3, -0.25) is 0 Å². The van der Waals surface area contributed by atoms with Crippen molar-refractivity contribution in [3.05, 3.63) is 59.2 Å². The molecule has 2 aromatic carbocycles. The van der Waals surface area contributed by atoms with Gasteiger partial charge in [0.1, 0.15) is 0 Å². The van der Waals surface area contributed by atoms with Gasteiger partial charge in [0, 0.05) is 13.1 Å². The summed E-state index contributed by atoms with van der Waals surface area (Å²) < 4.78 is 5.00. The largest absolute Gasteiger partial charge is 0.504 e. The lowest BCUT2D eigenvalue weighted by molar-refractivity contribution is 0.174. The second-order valence-corrected chi connectivity index (χ2v) is 5.06. The Balaban J connectivity index is 1.86. The van der Waals surface area contributed by atoms with Gasteiger partial charge in [0.05, 0.1) is 13.2 Å². The molecule has 4 heteroatoms. The van der Waals surface area contributed by atoms with Gasteiger partial charge >= 0.3 is 0 Å². The Labute approximate surface area is 125 Å². The third-order valence-electron chi connectivity index (χ3n) is 3.37. The van der Waals surface area contributed by atoms with Gasteiger partial charge in [0.15, 0.2) is 11.5 Å². The van der Waals surface area contributed by atoms with E-state index in [1.54, 1.807) is 12.1 Å². The zero-order chi connectivity index (χ0) is 15.2. The minimum absolute atomic E-state index is 0.121. The molecule has 0 fully saturated rings. The summed E-state index contributed by atoms with van der Waals surface area (Å²) in [6, 6.07) is 13.1. The topological polar surface area (TPSA) is 61.7 Å². The molecule has 0 heterocycles. The number of aromatic hydroxyl groups is 1. The standard InChI is InChI=1S/C17H21NO3/c1-12-3-6-14(7-4-12)16(20)11-18-10-13-5-8-17(21-2)15(19)9-13/h3-9,16,18-20H,10-11H2,1-2H3. The second-order valence-electron chi connectivity index (χ2n) is 5.06. The molecule has 1 atom stereocenters. The molecule has 0 aliphatic rings. The van der Waals surface area contributed by atoms with Gasteiger partial charge in [-0.2, -0.15) is 0 Å². The van der Waals surface area contributed by atoms with Gasteiger partial charge in [0.2, 0.25) is 0 Å². The van der Waals surface area contributed by atoms with E-state index in [0.29, 0.717) is 18.8 Å². The van der Waals surface area contributed by atoms with Gasteiger partial charge in [-0.05, 0) is 30.2 Å². The molecule has 112 valence electrons. The summed E-state index contributed by atoms with van der Waals surface area (Å²) in [5, 5.41) is 23.0. The molecule has 4 nitrogen and oxygen atoms in total. The Kier molecular flexibility index (Phi) is 5.20. The number of hydrogen-bond donors (Lipinski definition) is 3. The van der Waals surface area contributed by atoms with E-state index in [9.17, 15) is 10.2 Å². The van der Waals surface area contributed by atoms with Crippen LogP contribution in [-0.2, 0) is 6.54 Å². The van der Waals surface area contributed by atoms with Gasteiger partial charge in [-0.15, -0.1) is 0 Å². The molecule has 1 unspecified atom stereocenters. The normalized spacial score (nSPS) is 12.1. The number of ether oxygens (including phenoxy) is 1. The van der Waals surface area contributed by atoms with Gasteiger partial charge in [-0.1, -0.05) is 35.9 Å². The molecular formula is C17H21NO3. The van der Waals surface area contributed by atoms with Crippen LogP contribution in [0.3, 0.4) is 0 Å². The smallest absolute Gasteiger partial charge is 0.160 e. The average Bonchev–Trinajstić information content (AvgIpc) is 2.48. The molecule has 0 saturated carbocycles. The van der Waals surface area contributed by atoms with Crippen molar-refractivity contribution in [2.45, 2.75) is 19.6 Å². The van der Waals surface area contributed by atoms with E-state index >= 15 is 0 Å². The number of phenols is 1. The van der Waals surface area contributed by atoms with E-state index in [-0.39, 0.29) is 5.75 Å². The summed E-state index contributed by atoms with van der Waals surface area (Å²) in [4.78, 5) is 0. The fourth-order valence-corrected chi connectivity index (χ4v) is 2.11. The first-order valence-corrected chi connectivity index (χ1v) is 6.91. The van der Waals surface area contributed by atoms with Crippen LogP contribution in [-0.4, -0.2) is 23.9 Å². The molecule has 0 spiro atoms. The molecule has 0 aliphatic carbocycles. The van der Waals surface area contributed by atoms with E-state index in [0.717, 1.165) is 11.1 Å². The van der Waals surface area contributed by atoms with Crippen molar-refractivity contribution >= 4 is 0 Å². The lowest BCUT2D eigenvalue weighted by Crippen LogP contribution is -2.21. The van der Waals surface area contributed by atoms with Crippen LogP contribution in [0.15, 0.2) is 42.5 Å². The quantitative estimate of drug-likeness (QED) is 0.764. The summed E-state index contributed by atoms with van der Waals surface area (Å²) in [5.41, 5.74) is 3.00. The molecule has 0 amide bonds. The molecule has 3 N–H and O–H groups in total. The van der Waals surface area contributed by atoms with E-state index in [1.165, 1.54) is 12.7 Å². The van der Waals surface area contributed by atoms with Crippen LogP contribution in [0.4, 0.5) is 0 Å². The number of aryl methyl sites for hydroxylation is 1. The van der Waals surface area contributed by atoms with Crippen molar-refractivity contribution in [3.63, 3.8) is 0 Å². The highest BCUT2D eigenvalue weighted by atomic mass is 16.5. The maximum absolute atomic E-state index is 10.1. The molecule has 21 heavy (non-hydrogen) atoms. The summed E-state index contributed by atoms with van der Waals surface area (Å²) in [5.74, 6) is 0.578. The molecule has 2 rings (SSSR count). The van der Waals surface area contributed by atoms with Gasteiger partial charge in [-0.25, -0.2) is 0 Å². The SMILES string of the molecule is COc1ccc(CNCC(O)c2ccc(C)cc2)cc1O. The lowest BCUT2D eigenvalue weighted by Gasteiger charge is -2.13. The Hall–Kier alpha value is -2.04. The highest BCUT2D eigenvalue weighted by molar-refractivity contribution is 5.41. The van der Waals surface area contributed by atoms with Crippen LogP contribution >= 0.6 is 0 Å². The second kappa shape index (κ2) is 7.11. The third-order valence-corrected chi connectivity index (χ3v) is 3.37. The fraction of sp³-hybridized carbons (Fsp3) is 0.294. The molecular weight excluding hydrogens is 266 g/mol. The minimum atomic E-state index is -0.544. The first kappa shape index (κ1) is 15.4. The van der Waals surface area contributed by atoms with Crippen LogP contribution < -0.4 is 10.1 Å². The van der Waals surface area contributed by atoms with E-state index in [4.69, 9.17) is 4.74 Å². The fourth-order valence-electron chi connectivity index (χ4n) is 2.11. The number of hydrogen-bond acceptors (Lipinski definition) is 4. The summed E-state index contributed by atoms with van der Waals surface area (Å²) >= 11 is 0. The number of rotatable bonds is 6. The van der Waals surface area contributed by atoms with Crippen LogP contribution in [0.25, 0.3) is 0 Å². The molecule has 0 saturated heterocycles. The predicted octanol–water partition coefficient (Wildman–Crippen LogP) is 2.53. The van der Waals surface area contributed by atoms with Crippen LogP contribution in [0.5, 0.6) is 11.5 Å². The van der Waals surface area contributed by atoms with Crippen LogP contribution in [0.1, 0.15) is 22.8 Å². The molecule has 0 aliphatic heterocycles. The first-order valence-electron chi connectivity index (χ1n) is 6.91. The third kappa shape index (κ3) is 4.21. The van der Waals surface area contributed by atoms with Crippen molar-refractivity contribution in [2.24, 2.45) is 0 Å². The minimum Gasteiger partial charge on any atom is -0.504 e. The summed E-state index contributed by atoms with van der Waals surface area (Å²) in [6.07, 6.45) is -0.544. The van der Waals surface area contributed by atoms with E-state index < -0.39 is 6.10 Å². The Morgan fingerprint density at radius 2 is 1.86 bits per heavy atom. The van der Waals surface area contributed by atoms with Crippen molar-refractivity contribution in [1.82, 2.24) is 5.32 Å². The van der Waals surface area contributed by atoms with E-state index in [2.05, 4.69) is 5.32 Å². The van der Waals surface area contributed by atoms with E-state index in [1.807, 2.05) is 37.3 Å². The van der Waals surface area contributed by atoms with Crippen LogP contribution in [0, 0.1) is 6.92 Å². The molecule has 0 radical (unpaired) electrons. The molecule has 0 aromatic heterocycles. The maximum Gasteiger partial charge on any atom is 0.160 e. The van der Waals surface area contributed by atoms with Crippen molar-refractivity contribution < 1.29 is 14.9 Å². The van der Waals surface area contributed by atoms with Gasteiger partial charge in [0.25, 0.3) is 0 Å². The number of phenolic OH excluding ortho intramolecular Hbond substituents is 1. The summed E-state index contributed by atoms with van der Waals surface area (Å²) in [6.45, 7) is 3.04. The highest BCUT2D eigenvalue weighted by Gasteiger charge is 2.07. The number of benzene rings is 2. The monoisotopic (exact) mass is 287 g/mol. The van der Waals surface area contributed by atoms with Gasteiger partial charge < -0.3 is 20.3 Å². The Bertz CT molecular complexity index is 581. The highest BCUT2D eigenvalue weighted by Crippen LogP contribution is 2.26. The molecule has 0 bridgehead atoms. The number of nitrogens with one attached hydrogen (secondary N) is 1. The van der Waals surface area contributed by atoms with Crippen molar-refractivity contribution in [2.75, 3.05) is 13.7 Å². The number of aliphatic hydroxyl groups excluding tert-OH is 1. The number of aliphatic hydroxyl groups is 1. The number of methoxy groups -OCH3 is 1. The van der Waals surface area contributed by atoms with Crippen LogP contribution in [0.2, 0.25) is 0 Å². The Morgan fingerprint density at radius 1 is 1.14 bits per heavy atom. The predicted molar refractivity (Wildman–Crippen MR) is 82.5 cm³/mol. The lowest BCUT2D eigenvalue weighted by atomic mass is 10.1.